The van der Waals surface area contributed by atoms with E-state index in [2.05, 4.69) is 36.8 Å². The van der Waals surface area contributed by atoms with E-state index in [9.17, 15) is 10.2 Å². The Bertz CT molecular complexity index is 498. The monoisotopic (exact) mass is 347 g/mol. The van der Waals surface area contributed by atoms with Gasteiger partial charge in [0, 0.05) is 32.5 Å². The molecule has 1 aromatic heterocycles. The quantitative estimate of drug-likeness (QED) is 0.747. The largest absolute Gasteiger partial charge is 0.389 e. The molecule has 3 N–H and O–H groups in total. The molecule has 0 spiro atoms. The van der Waals surface area contributed by atoms with Crippen molar-refractivity contribution >= 4 is 42.8 Å². The van der Waals surface area contributed by atoms with Crippen molar-refractivity contribution in [3.05, 3.63) is 34.4 Å². The number of halogens is 2. The van der Waals surface area contributed by atoms with Gasteiger partial charge in [0.1, 0.15) is 6.10 Å². The zero-order valence-electron chi connectivity index (χ0n) is 8.32. The molecular formula is C11H11Br2NO2. The van der Waals surface area contributed by atoms with Gasteiger partial charge in [-0.05, 0) is 12.1 Å². The van der Waals surface area contributed by atoms with E-state index >= 15 is 0 Å². The van der Waals surface area contributed by atoms with E-state index in [1.807, 2.05) is 18.2 Å². The maximum atomic E-state index is 9.98. The molecule has 0 aliphatic rings. The molecule has 0 saturated heterocycles. The zero-order chi connectivity index (χ0) is 11.7. The van der Waals surface area contributed by atoms with Crippen LogP contribution in [0.2, 0.25) is 0 Å². The molecule has 5 heteroatoms. The molecule has 2 rings (SSSR count). The highest BCUT2D eigenvalue weighted by Gasteiger charge is 2.21. The number of aromatic nitrogens is 1. The topological polar surface area (TPSA) is 56.2 Å². The maximum Gasteiger partial charge on any atom is 0.108 e. The summed E-state index contributed by atoms with van der Waals surface area (Å²) in [6.07, 6.45) is 0.0179. The molecule has 2 unspecified atom stereocenters. The van der Waals surface area contributed by atoms with Crippen LogP contribution in [0.15, 0.2) is 28.9 Å². The number of alkyl halides is 1. The minimum absolute atomic E-state index is 0.339. The first-order valence-electron chi connectivity index (χ1n) is 4.82. The van der Waals surface area contributed by atoms with Crippen LogP contribution in [0.4, 0.5) is 0 Å². The van der Waals surface area contributed by atoms with Gasteiger partial charge in [0.05, 0.1) is 6.10 Å². The summed E-state index contributed by atoms with van der Waals surface area (Å²) >= 11 is 6.59. The van der Waals surface area contributed by atoms with Gasteiger partial charge >= 0.3 is 0 Å². The van der Waals surface area contributed by atoms with Crippen LogP contribution in [-0.2, 0) is 0 Å². The molecule has 0 aliphatic heterocycles. The molecule has 0 radical (unpaired) electrons. The van der Waals surface area contributed by atoms with Crippen molar-refractivity contribution in [1.29, 1.82) is 0 Å². The highest BCUT2D eigenvalue weighted by Crippen LogP contribution is 2.32. The first-order valence-corrected chi connectivity index (χ1v) is 6.74. The van der Waals surface area contributed by atoms with Gasteiger partial charge in [0.15, 0.2) is 0 Å². The van der Waals surface area contributed by atoms with Crippen LogP contribution in [0, 0.1) is 0 Å². The van der Waals surface area contributed by atoms with Crippen molar-refractivity contribution < 1.29 is 10.2 Å². The minimum atomic E-state index is -0.896. The third kappa shape index (κ3) is 2.05. The highest BCUT2D eigenvalue weighted by molar-refractivity contribution is 9.10. The van der Waals surface area contributed by atoms with Gasteiger partial charge in [-0.15, -0.1) is 0 Å². The second-order valence-corrected chi connectivity index (χ2v) is 5.07. The molecule has 0 bridgehead atoms. The predicted octanol–water partition coefficient (Wildman–Crippen LogP) is 2.72. The second kappa shape index (κ2) is 4.87. The molecule has 0 saturated carbocycles. The highest BCUT2D eigenvalue weighted by atomic mass is 79.9. The van der Waals surface area contributed by atoms with Crippen LogP contribution >= 0.6 is 31.9 Å². The van der Waals surface area contributed by atoms with E-state index in [0.29, 0.717) is 10.9 Å². The van der Waals surface area contributed by atoms with Gasteiger partial charge in [-0.3, -0.25) is 0 Å². The smallest absolute Gasteiger partial charge is 0.108 e. The molecule has 3 nitrogen and oxygen atoms in total. The number of H-pyrrole nitrogens is 1. The van der Waals surface area contributed by atoms with E-state index in [4.69, 9.17) is 0 Å². The summed E-state index contributed by atoms with van der Waals surface area (Å²) in [6.45, 7) is 0. The number of benzene rings is 1. The van der Waals surface area contributed by atoms with Gasteiger partial charge in [-0.25, -0.2) is 0 Å². The Balaban J connectivity index is 2.53. The van der Waals surface area contributed by atoms with Crippen molar-refractivity contribution in [2.45, 2.75) is 12.2 Å². The number of hydrogen-bond acceptors (Lipinski definition) is 2. The standard InChI is InChI=1S/C11H11Br2NO2/c12-4-9(15)11(16)6-5-14-8-3-1-2-7(13)10(6)8/h1-3,5,9,11,14-16H,4H2. The van der Waals surface area contributed by atoms with Gasteiger partial charge < -0.3 is 15.2 Å². The first-order chi connectivity index (χ1) is 7.65. The number of nitrogens with one attached hydrogen (secondary N) is 1. The molecule has 16 heavy (non-hydrogen) atoms. The van der Waals surface area contributed by atoms with E-state index < -0.39 is 12.2 Å². The number of rotatable bonds is 3. The first kappa shape index (κ1) is 12.1. The molecule has 2 aromatic rings. The van der Waals surface area contributed by atoms with Crippen molar-refractivity contribution in [2.24, 2.45) is 0 Å². The summed E-state index contributed by atoms with van der Waals surface area (Å²) in [5, 5.41) is 20.9. The second-order valence-electron chi connectivity index (χ2n) is 3.57. The molecular weight excluding hydrogens is 338 g/mol. The van der Waals surface area contributed by atoms with E-state index in [1.165, 1.54) is 0 Å². The van der Waals surface area contributed by atoms with Crippen LogP contribution in [0.25, 0.3) is 10.9 Å². The van der Waals surface area contributed by atoms with Crippen LogP contribution in [0.1, 0.15) is 11.7 Å². The van der Waals surface area contributed by atoms with Gasteiger partial charge in [-0.2, -0.15) is 0 Å². The third-order valence-electron chi connectivity index (χ3n) is 2.53. The summed E-state index contributed by atoms with van der Waals surface area (Å²) in [4.78, 5) is 3.07. The van der Waals surface area contributed by atoms with E-state index in [-0.39, 0.29) is 0 Å². The van der Waals surface area contributed by atoms with Gasteiger partial charge in [0.25, 0.3) is 0 Å². The molecule has 2 atom stereocenters. The Morgan fingerprint density at radius 2 is 2.06 bits per heavy atom. The van der Waals surface area contributed by atoms with Crippen LogP contribution in [0.5, 0.6) is 0 Å². The number of aromatic amines is 1. The summed E-state index contributed by atoms with van der Waals surface area (Å²) in [5.41, 5.74) is 1.64. The minimum Gasteiger partial charge on any atom is -0.389 e. The predicted molar refractivity (Wildman–Crippen MR) is 70.8 cm³/mol. The van der Waals surface area contributed by atoms with Crippen molar-refractivity contribution in [1.82, 2.24) is 4.98 Å². The van der Waals surface area contributed by atoms with Gasteiger partial charge in [-0.1, -0.05) is 37.9 Å². The lowest BCUT2D eigenvalue weighted by Gasteiger charge is -2.15. The fourth-order valence-electron chi connectivity index (χ4n) is 1.69. The van der Waals surface area contributed by atoms with Crippen molar-refractivity contribution in [2.75, 3.05) is 5.33 Å². The fourth-order valence-corrected chi connectivity index (χ4v) is 2.64. The lowest BCUT2D eigenvalue weighted by molar-refractivity contribution is 0.0352. The van der Waals surface area contributed by atoms with Crippen LogP contribution < -0.4 is 0 Å². The van der Waals surface area contributed by atoms with Crippen molar-refractivity contribution in [3.63, 3.8) is 0 Å². The number of aliphatic hydroxyl groups is 2. The lowest BCUT2D eigenvalue weighted by Crippen LogP contribution is -2.19. The lowest BCUT2D eigenvalue weighted by atomic mass is 10.0. The molecule has 0 amide bonds. The van der Waals surface area contributed by atoms with E-state index in [0.717, 1.165) is 15.4 Å². The molecule has 1 heterocycles. The average Bonchev–Trinajstić information content (AvgIpc) is 2.72. The van der Waals surface area contributed by atoms with Crippen LogP contribution in [0.3, 0.4) is 0 Å². The summed E-state index contributed by atoms with van der Waals surface area (Å²) in [5.74, 6) is 0. The molecule has 1 aromatic carbocycles. The number of hydrogen-bond donors (Lipinski definition) is 3. The summed E-state index contributed by atoms with van der Waals surface area (Å²) in [7, 11) is 0. The molecule has 0 fully saturated rings. The third-order valence-corrected chi connectivity index (χ3v) is 3.85. The number of fused-ring (bicyclic) bond motifs is 1. The molecule has 86 valence electrons. The summed E-state index contributed by atoms with van der Waals surface area (Å²) < 4.78 is 0.905. The average molecular weight is 349 g/mol. The zero-order valence-corrected chi connectivity index (χ0v) is 11.5. The van der Waals surface area contributed by atoms with Crippen LogP contribution in [-0.4, -0.2) is 26.6 Å². The Morgan fingerprint density at radius 3 is 2.75 bits per heavy atom. The maximum absolute atomic E-state index is 9.98. The Labute approximate surface area is 110 Å². The summed E-state index contributed by atoms with van der Waals surface area (Å²) in [6, 6.07) is 5.75. The Kier molecular flexibility index (Phi) is 3.69. The fraction of sp³-hybridized carbons (Fsp3) is 0.273. The van der Waals surface area contributed by atoms with Crippen molar-refractivity contribution in [3.8, 4) is 0 Å². The van der Waals surface area contributed by atoms with Gasteiger partial charge in [0.2, 0.25) is 0 Å². The Morgan fingerprint density at radius 1 is 1.31 bits per heavy atom. The normalized spacial score (nSPS) is 15.2. The Hall–Kier alpha value is -0.360. The number of aliphatic hydroxyl groups excluding tert-OH is 2. The SMILES string of the molecule is OC(CBr)C(O)c1c[nH]c2cccc(Br)c12. The molecule has 0 aliphatic carbocycles. The van der Waals surface area contributed by atoms with E-state index in [1.54, 1.807) is 6.20 Å².